The number of benzene rings is 1. The van der Waals surface area contributed by atoms with Gasteiger partial charge in [-0.15, -0.1) is 0 Å². The maximum Gasteiger partial charge on any atom is 0.297 e. The van der Waals surface area contributed by atoms with E-state index in [1.165, 1.54) is 23.1 Å². The minimum atomic E-state index is -0.125. The summed E-state index contributed by atoms with van der Waals surface area (Å²) in [7, 11) is 0. The van der Waals surface area contributed by atoms with Gasteiger partial charge in [0.05, 0.1) is 17.4 Å². The molecule has 29 heavy (non-hydrogen) atoms. The molecule has 0 saturated carbocycles. The molecular weight excluding hydrogens is 362 g/mol. The van der Waals surface area contributed by atoms with Gasteiger partial charge in [-0.05, 0) is 54.7 Å². The average Bonchev–Trinajstić information content (AvgIpc) is 3.13. The van der Waals surface area contributed by atoms with Crippen molar-refractivity contribution in [3.8, 4) is 0 Å². The smallest absolute Gasteiger partial charge is 0.297 e. The van der Waals surface area contributed by atoms with Gasteiger partial charge >= 0.3 is 0 Å². The Morgan fingerprint density at radius 1 is 1.10 bits per heavy atom. The van der Waals surface area contributed by atoms with Crippen molar-refractivity contribution in [3.63, 3.8) is 0 Å². The lowest BCUT2D eigenvalue weighted by atomic mass is 9.86. The summed E-state index contributed by atoms with van der Waals surface area (Å²) >= 11 is 0. The lowest BCUT2D eigenvalue weighted by molar-refractivity contribution is 0.607. The van der Waals surface area contributed by atoms with Crippen LogP contribution in [0.15, 0.2) is 45.9 Å². The highest BCUT2D eigenvalue weighted by molar-refractivity contribution is 6.03. The van der Waals surface area contributed by atoms with Crippen molar-refractivity contribution < 1.29 is 4.42 Å². The van der Waals surface area contributed by atoms with Crippen LogP contribution in [-0.4, -0.2) is 14.5 Å². The van der Waals surface area contributed by atoms with E-state index in [0.717, 1.165) is 36.8 Å². The second-order valence-electron chi connectivity index (χ2n) is 8.25. The van der Waals surface area contributed by atoms with Gasteiger partial charge in [0.25, 0.3) is 5.56 Å². The molecule has 1 aromatic carbocycles. The first-order valence-electron chi connectivity index (χ1n) is 10.5. The quantitative estimate of drug-likeness (QED) is 0.505. The van der Waals surface area contributed by atoms with Crippen molar-refractivity contribution >= 4 is 22.2 Å². The first kappa shape index (κ1) is 18.1. The van der Waals surface area contributed by atoms with Gasteiger partial charge in [-0.25, -0.2) is 9.97 Å². The molecule has 0 spiro atoms. The number of rotatable bonds is 4. The number of nitrogens with zero attached hydrogens (tertiary/aromatic N) is 3. The maximum absolute atomic E-state index is 13.1. The highest BCUT2D eigenvalue weighted by Gasteiger charge is 2.25. The fraction of sp³-hybridized carbons (Fsp3) is 0.375. The fourth-order valence-electron chi connectivity index (χ4n) is 4.51. The van der Waals surface area contributed by atoms with Gasteiger partial charge in [0.2, 0.25) is 11.3 Å². The number of aromatic nitrogens is 3. The standard InChI is InChI=1S/C24H25N3O2/c1-15(2)20-18-11-7-6-10-17(18)19-21-22(29-23(19)26-20)24(28)27(14-25-21)13-12-16-8-4-3-5-9-16/h3-5,8-9,14-15H,6-7,10-13H2,1-2H3. The zero-order valence-corrected chi connectivity index (χ0v) is 16.9. The van der Waals surface area contributed by atoms with E-state index in [9.17, 15) is 4.79 Å². The molecule has 0 N–H and O–H groups in total. The molecule has 0 aliphatic heterocycles. The second-order valence-corrected chi connectivity index (χ2v) is 8.25. The molecule has 0 unspecified atom stereocenters. The molecule has 5 rings (SSSR count). The average molecular weight is 387 g/mol. The van der Waals surface area contributed by atoms with Crippen LogP contribution in [0.25, 0.3) is 22.2 Å². The molecule has 0 fully saturated rings. The molecule has 0 bridgehead atoms. The van der Waals surface area contributed by atoms with Crippen LogP contribution in [0.1, 0.15) is 55.0 Å². The molecular formula is C24H25N3O2. The van der Waals surface area contributed by atoms with Crippen molar-refractivity contribution in [3.05, 3.63) is 69.4 Å². The number of hydrogen-bond acceptors (Lipinski definition) is 4. The summed E-state index contributed by atoms with van der Waals surface area (Å²) < 4.78 is 7.67. The Kier molecular flexibility index (Phi) is 4.46. The Balaban J connectivity index is 1.64. The summed E-state index contributed by atoms with van der Waals surface area (Å²) in [6.07, 6.45) is 6.83. The Morgan fingerprint density at radius 3 is 2.62 bits per heavy atom. The van der Waals surface area contributed by atoms with Crippen molar-refractivity contribution in [1.82, 2.24) is 14.5 Å². The molecule has 5 nitrogen and oxygen atoms in total. The van der Waals surface area contributed by atoms with Crippen LogP contribution in [0.5, 0.6) is 0 Å². The summed E-state index contributed by atoms with van der Waals surface area (Å²) in [5.74, 6) is 0.329. The Bertz CT molecular complexity index is 1250. The van der Waals surface area contributed by atoms with Gasteiger partial charge in [-0.1, -0.05) is 44.2 Å². The van der Waals surface area contributed by atoms with E-state index in [4.69, 9.17) is 9.40 Å². The van der Waals surface area contributed by atoms with Crippen LogP contribution >= 0.6 is 0 Å². The van der Waals surface area contributed by atoms with E-state index < -0.39 is 0 Å². The van der Waals surface area contributed by atoms with E-state index in [1.54, 1.807) is 10.9 Å². The van der Waals surface area contributed by atoms with Crippen LogP contribution in [0.2, 0.25) is 0 Å². The second kappa shape index (κ2) is 7.14. The highest BCUT2D eigenvalue weighted by Crippen LogP contribution is 2.36. The van der Waals surface area contributed by atoms with Crippen molar-refractivity contribution in [2.45, 2.75) is 58.4 Å². The number of fused-ring (bicyclic) bond motifs is 5. The van der Waals surface area contributed by atoms with Gasteiger partial charge in [-0.2, -0.15) is 0 Å². The Hall–Kier alpha value is -2.95. The summed E-state index contributed by atoms with van der Waals surface area (Å²) in [6.45, 7) is 4.91. The lowest BCUT2D eigenvalue weighted by Crippen LogP contribution is -2.21. The van der Waals surface area contributed by atoms with Crippen LogP contribution in [-0.2, 0) is 25.8 Å². The number of aryl methyl sites for hydroxylation is 3. The third-order valence-corrected chi connectivity index (χ3v) is 5.98. The van der Waals surface area contributed by atoms with Crippen LogP contribution < -0.4 is 5.56 Å². The summed E-state index contributed by atoms with van der Waals surface area (Å²) in [5.41, 5.74) is 6.37. The zero-order valence-electron chi connectivity index (χ0n) is 16.9. The SMILES string of the molecule is CC(C)c1nc2oc3c(=O)n(CCc4ccccc4)cnc3c2c2c1CCCC2. The molecule has 148 valence electrons. The maximum atomic E-state index is 13.1. The third-order valence-electron chi connectivity index (χ3n) is 5.98. The van der Waals surface area contributed by atoms with E-state index >= 15 is 0 Å². The topological polar surface area (TPSA) is 60.9 Å². The summed E-state index contributed by atoms with van der Waals surface area (Å²) in [5, 5.41) is 0.950. The molecule has 3 aromatic heterocycles. The lowest BCUT2D eigenvalue weighted by Gasteiger charge is -2.21. The molecule has 3 heterocycles. The molecule has 0 saturated heterocycles. The first-order chi connectivity index (χ1) is 14.1. The third kappa shape index (κ3) is 3.05. The first-order valence-corrected chi connectivity index (χ1v) is 10.5. The molecule has 1 aliphatic rings. The Morgan fingerprint density at radius 2 is 1.86 bits per heavy atom. The van der Waals surface area contributed by atoms with E-state index in [2.05, 4.69) is 31.0 Å². The molecule has 5 heteroatoms. The largest absolute Gasteiger partial charge is 0.430 e. The summed E-state index contributed by atoms with van der Waals surface area (Å²) in [4.78, 5) is 22.6. The van der Waals surface area contributed by atoms with Crippen LogP contribution in [0.4, 0.5) is 0 Å². The fourth-order valence-corrected chi connectivity index (χ4v) is 4.51. The van der Waals surface area contributed by atoms with Crippen molar-refractivity contribution in [1.29, 1.82) is 0 Å². The predicted octanol–water partition coefficient (Wildman–Crippen LogP) is 4.78. The van der Waals surface area contributed by atoms with Gasteiger partial charge in [0.1, 0.15) is 5.52 Å². The monoisotopic (exact) mass is 387 g/mol. The van der Waals surface area contributed by atoms with Gasteiger partial charge in [0, 0.05) is 6.54 Å². The normalized spacial score (nSPS) is 14.0. The number of hydrogen-bond donors (Lipinski definition) is 0. The molecule has 0 radical (unpaired) electrons. The van der Waals surface area contributed by atoms with Gasteiger partial charge in [0.15, 0.2) is 0 Å². The number of pyridine rings is 1. The van der Waals surface area contributed by atoms with E-state index in [-0.39, 0.29) is 5.56 Å². The van der Waals surface area contributed by atoms with Crippen molar-refractivity contribution in [2.75, 3.05) is 0 Å². The van der Waals surface area contributed by atoms with E-state index in [0.29, 0.717) is 29.3 Å². The molecule has 1 aliphatic carbocycles. The number of furan rings is 1. The van der Waals surface area contributed by atoms with Crippen molar-refractivity contribution in [2.24, 2.45) is 0 Å². The highest BCUT2D eigenvalue weighted by atomic mass is 16.3. The molecule has 4 aromatic rings. The molecule has 0 amide bonds. The summed E-state index contributed by atoms with van der Waals surface area (Å²) in [6, 6.07) is 10.2. The minimum Gasteiger partial charge on any atom is -0.430 e. The minimum absolute atomic E-state index is 0.125. The molecule has 0 atom stereocenters. The predicted molar refractivity (Wildman–Crippen MR) is 114 cm³/mol. The van der Waals surface area contributed by atoms with Crippen LogP contribution in [0, 0.1) is 0 Å². The zero-order chi connectivity index (χ0) is 20.0. The van der Waals surface area contributed by atoms with Gasteiger partial charge in [-0.3, -0.25) is 9.36 Å². The van der Waals surface area contributed by atoms with Gasteiger partial charge < -0.3 is 4.42 Å². The van der Waals surface area contributed by atoms with E-state index in [1.807, 2.05) is 18.2 Å². The van der Waals surface area contributed by atoms with Crippen LogP contribution in [0.3, 0.4) is 0 Å². The Labute approximate surface area is 169 Å².